The van der Waals surface area contributed by atoms with Gasteiger partial charge in [-0.2, -0.15) is 0 Å². The van der Waals surface area contributed by atoms with Crippen LogP contribution >= 0.6 is 0 Å². The van der Waals surface area contributed by atoms with Gasteiger partial charge in [-0.1, -0.05) is 155 Å². The standard InChI is InChI=1S/C47H58O6Si/c1-46(2,54(50,42-21-11-6-12-22-42)43-23-13-7-14-24-43)35-17-16-26-45(49)44(48)25-15-8-18-36-53-47(37-19-9-5-10-20-37,38-27-31-40(51-3)32-28-38)39-29-33-41(52-4)34-30-39/h5-7,9-14,19-24,27-34,44-45,48-50H,8,15-18,25-26,35-36H2,1-4H3. The molecule has 0 heterocycles. The molecule has 5 aromatic rings. The van der Waals surface area contributed by atoms with Crippen molar-refractivity contribution in [2.45, 2.75) is 88.1 Å². The number of aliphatic hydroxyl groups excluding tert-OH is 2. The number of benzene rings is 5. The Morgan fingerprint density at radius 3 is 1.37 bits per heavy atom. The van der Waals surface area contributed by atoms with Crippen LogP contribution in [-0.4, -0.2) is 56.4 Å². The smallest absolute Gasteiger partial charge is 0.258 e. The van der Waals surface area contributed by atoms with Gasteiger partial charge in [-0.25, -0.2) is 0 Å². The lowest BCUT2D eigenvalue weighted by atomic mass is 9.80. The van der Waals surface area contributed by atoms with Crippen LogP contribution in [0.15, 0.2) is 140 Å². The molecule has 0 spiro atoms. The topological polar surface area (TPSA) is 88.4 Å². The van der Waals surface area contributed by atoms with Crippen LogP contribution in [0, 0.1) is 0 Å². The van der Waals surface area contributed by atoms with E-state index in [2.05, 4.69) is 74.5 Å². The van der Waals surface area contributed by atoms with Crippen LogP contribution in [0.4, 0.5) is 0 Å². The first-order valence-electron chi connectivity index (χ1n) is 19.3. The van der Waals surface area contributed by atoms with E-state index in [-0.39, 0.29) is 5.04 Å². The average molecular weight is 747 g/mol. The summed E-state index contributed by atoms with van der Waals surface area (Å²) < 4.78 is 17.9. The van der Waals surface area contributed by atoms with E-state index >= 15 is 0 Å². The van der Waals surface area contributed by atoms with Crippen molar-refractivity contribution in [1.29, 1.82) is 0 Å². The average Bonchev–Trinajstić information content (AvgIpc) is 3.22. The third kappa shape index (κ3) is 9.51. The second-order valence-corrected chi connectivity index (χ2v) is 18.8. The molecule has 5 aromatic carbocycles. The summed E-state index contributed by atoms with van der Waals surface area (Å²) in [5.74, 6) is 1.56. The highest BCUT2D eigenvalue weighted by molar-refractivity contribution is 6.98. The lowest BCUT2D eigenvalue weighted by Gasteiger charge is -2.41. The molecule has 0 amide bonds. The van der Waals surface area contributed by atoms with Gasteiger partial charge >= 0.3 is 0 Å². The third-order valence-corrected chi connectivity index (χ3v) is 15.5. The zero-order valence-corrected chi connectivity index (χ0v) is 33.4. The lowest BCUT2D eigenvalue weighted by molar-refractivity contribution is 0.00216. The predicted octanol–water partition coefficient (Wildman–Crippen LogP) is 8.39. The summed E-state index contributed by atoms with van der Waals surface area (Å²) in [4.78, 5) is 12.4. The minimum Gasteiger partial charge on any atom is -0.497 e. The van der Waals surface area contributed by atoms with Gasteiger partial charge in [0.2, 0.25) is 0 Å². The third-order valence-electron chi connectivity index (χ3n) is 11.0. The van der Waals surface area contributed by atoms with E-state index in [9.17, 15) is 15.0 Å². The van der Waals surface area contributed by atoms with Gasteiger partial charge in [0.05, 0.1) is 26.4 Å². The maximum Gasteiger partial charge on any atom is 0.258 e. The number of hydrogen-bond acceptors (Lipinski definition) is 6. The first kappa shape index (κ1) is 40.9. The van der Waals surface area contributed by atoms with Crippen LogP contribution in [0.2, 0.25) is 5.04 Å². The Hall–Kier alpha value is -4.24. The molecular formula is C47H58O6Si. The van der Waals surface area contributed by atoms with E-state index in [1.54, 1.807) is 14.2 Å². The second kappa shape index (κ2) is 19.4. The van der Waals surface area contributed by atoms with Crippen LogP contribution < -0.4 is 19.8 Å². The molecule has 7 heteroatoms. The number of methoxy groups -OCH3 is 2. The number of ether oxygens (including phenoxy) is 3. The van der Waals surface area contributed by atoms with Gasteiger partial charge in [0.1, 0.15) is 17.1 Å². The molecule has 0 saturated heterocycles. The summed E-state index contributed by atoms with van der Waals surface area (Å²) in [5.41, 5.74) is 2.15. The quantitative estimate of drug-likeness (QED) is 0.0398. The molecule has 2 unspecified atom stereocenters. The largest absolute Gasteiger partial charge is 0.497 e. The van der Waals surface area contributed by atoms with Gasteiger partial charge in [0.25, 0.3) is 8.32 Å². The van der Waals surface area contributed by atoms with Gasteiger partial charge in [-0.15, -0.1) is 0 Å². The molecule has 0 aromatic heterocycles. The fourth-order valence-corrected chi connectivity index (χ4v) is 11.5. The first-order chi connectivity index (χ1) is 26.2. The summed E-state index contributed by atoms with van der Waals surface area (Å²) in [6.07, 6.45) is 4.40. The van der Waals surface area contributed by atoms with Crippen LogP contribution in [0.3, 0.4) is 0 Å². The zero-order valence-electron chi connectivity index (χ0n) is 32.4. The highest BCUT2D eigenvalue weighted by Crippen LogP contribution is 2.42. The van der Waals surface area contributed by atoms with Gasteiger partial charge in [-0.3, -0.25) is 0 Å². The van der Waals surface area contributed by atoms with Gasteiger partial charge in [0.15, 0.2) is 0 Å². The molecule has 0 fully saturated rings. The summed E-state index contributed by atoms with van der Waals surface area (Å²) >= 11 is 0. The predicted molar refractivity (Wildman–Crippen MR) is 221 cm³/mol. The second-order valence-electron chi connectivity index (χ2n) is 14.9. The zero-order chi connectivity index (χ0) is 38.4. The molecule has 0 aliphatic rings. The maximum atomic E-state index is 12.4. The molecule has 0 aliphatic carbocycles. The normalized spacial score (nSPS) is 13.3. The highest BCUT2D eigenvalue weighted by atomic mass is 28.4. The van der Waals surface area contributed by atoms with Gasteiger partial charge < -0.3 is 29.2 Å². The Kier molecular flexibility index (Phi) is 14.7. The van der Waals surface area contributed by atoms with E-state index in [0.29, 0.717) is 19.4 Å². The van der Waals surface area contributed by atoms with Crippen molar-refractivity contribution >= 4 is 18.7 Å². The van der Waals surface area contributed by atoms with Gasteiger partial charge in [-0.05, 0) is 82.1 Å². The summed E-state index contributed by atoms with van der Waals surface area (Å²) in [6.45, 7) is 4.85. The minimum absolute atomic E-state index is 0.333. The van der Waals surface area contributed by atoms with E-state index in [4.69, 9.17) is 14.2 Å². The Bertz CT molecular complexity index is 1710. The molecule has 54 heavy (non-hydrogen) atoms. The van der Waals surface area contributed by atoms with Crippen LogP contribution in [-0.2, 0) is 10.3 Å². The van der Waals surface area contributed by atoms with E-state index in [1.165, 1.54) is 0 Å². The Morgan fingerprint density at radius 2 is 0.926 bits per heavy atom. The molecule has 0 aliphatic heterocycles. The molecule has 0 saturated carbocycles. The number of aliphatic hydroxyl groups is 2. The summed E-state index contributed by atoms with van der Waals surface area (Å²) in [6, 6.07) is 46.5. The van der Waals surface area contributed by atoms with Crippen molar-refractivity contribution in [2.75, 3.05) is 20.8 Å². The van der Waals surface area contributed by atoms with Gasteiger partial charge in [0, 0.05) is 6.61 Å². The van der Waals surface area contributed by atoms with Crippen molar-refractivity contribution in [3.63, 3.8) is 0 Å². The highest BCUT2D eigenvalue weighted by Gasteiger charge is 2.49. The van der Waals surface area contributed by atoms with Crippen molar-refractivity contribution in [3.8, 4) is 11.5 Å². The van der Waals surface area contributed by atoms with E-state index < -0.39 is 26.1 Å². The monoisotopic (exact) mass is 746 g/mol. The molecule has 5 rings (SSSR count). The van der Waals surface area contributed by atoms with Crippen molar-refractivity contribution < 1.29 is 29.2 Å². The van der Waals surface area contributed by atoms with E-state index in [0.717, 1.165) is 77.1 Å². The summed E-state index contributed by atoms with van der Waals surface area (Å²) in [7, 11) is 0.263. The minimum atomic E-state index is -3.07. The Balaban J connectivity index is 1.14. The van der Waals surface area contributed by atoms with Crippen molar-refractivity contribution in [1.82, 2.24) is 0 Å². The van der Waals surface area contributed by atoms with Crippen LogP contribution in [0.25, 0.3) is 0 Å². The van der Waals surface area contributed by atoms with Crippen molar-refractivity contribution in [2.24, 2.45) is 0 Å². The molecule has 2 atom stereocenters. The molecule has 6 nitrogen and oxygen atoms in total. The number of rotatable bonds is 21. The Labute approximate surface area is 323 Å². The summed E-state index contributed by atoms with van der Waals surface area (Å²) in [5, 5.41) is 23.5. The number of hydrogen-bond donors (Lipinski definition) is 3. The molecular weight excluding hydrogens is 689 g/mol. The Morgan fingerprint density at radius 1 is 0.519 bits per heavy atom. The van der Waals surface area contributed by atoms with E-state index in [1.807, 2.05) is 78.9 Å². The van der Waals surface area contributed by atoms with Crippen molar-refractivity contribution in [3.05, 3.63) is 156 Å². The molecule has 3 N–H and O–H groups in total. The van der Waals surface area contributed by atoms with Crippen LogP contribution in [0.1, 0.15) is 81.9 Å². The lowest BCUT2D eigenvalue weighted by Crippen LogP contribution is -2.65. The number of unbranched alkanes of at least 4 members (excludes halogenated alkanes) is 3. The maximum absolute atomic E-state index is 12.4. The van der Waals surface area contributed by atoms with Crippen LogP contribution in [0.5, 0.6) is 11.5 Å². The fourth-order valence-electron chi connectivity index (χ4n) is 7.72. The SMILES string of the molecule is COc1ccc(C(OCCCCCC(O)C(O)CCCCC(C)(C)[Si](O)(c2ccccc2)c2ccccc2)(c2ccccc2)c2ccc(OC)cc2)cc1. The fraction of sp³-hybridized carbons (Fsp3) is 0.362. The first-order valence-corrected chi connectivity index (χ1v) is 21.3. The molecule has 0 radical (unpaired) electrons. The molecule has 0 bridgehead atoms. The molecule has 286 valence electrons.